The number of hydrogen-bond acceptors (Lipinski definition) is 5. The van der Waals surface area contributed by atoms with E-state index in [2.05, 4.69) is 5.32 Å². The summed E-state index contributed by atoms with van der Waals surface area (Å²) in [7, 11) is -0.673. The van der Waals surface area contributed by atoms with Crippen molar-refractivity contribution >= 4 is 25.1 Å². The second-order valence-electron chi connectivity index (χ2n) is 7.30. The predicted molar refractivity (Wildman–Crippen MR) is 97.8 cm³/mol. The third-order valence-corrected chi connectivity index (χ3v) is 4.70. The zero-order valence-electron chi connectivity index (χ0n) is 15.6. The van der Waals surface area contributed by atoms with Gasteiger partial charge in [0.05, 0.1) is 11.2 Å². The van der Waals surface area contributed by atoms with E-state index in [-0.39, 0.29) is 23.8 Å². The molecule has 0 bridgehead atoms. The summed E-state index contributed by atoms with van der Waals surface area (Å²) >= 11 is 0. The van der Waals surface area contributed by atoms with Crippen molar-refractivity contribution in [2.75, 3.05) is 6.54 Å². The highest BCUT2D eigenvalue weighted by Gasteiger charge is 2.52. The summed E-state index contributed by atoms with van der Waals surface area (Å²) in [6.07, 6.45) is 1.71. The number of carboxylic acids is 1. The lowest BCUT2D eigenvalue weighted by atomic mass is 9.77. The SMILES string of the molecule is CC(=O)NCC(=Cc1ccc(C(=O)O)c(O)c1)B1OC(C)(C)C(C)(C)O1. The van der Waals surface area contributed by atoms with Crippen LogP contribution in [0.3, 0.4) is 0 Å². The normalized spacial score (nSPS) is 18.7. The lowest BCUT2D eigenvalue weighted by Crippen LogP contribution is -2.41. The third-order valence-electron chi connectivity index (χ3n) is 4.70. The first kappa shape index (κ1) is 20.0. The molecule has 8 heteroatoms. The molecule has 1 aliphatic heterocycles. The molecular weight excluding hydrogens is 337 g/mol. The number of carbonyl (C=O) groups excluding carboxylic acids is 1. The van der Waals surface area contributed by atoms with Crippen molar-refractivity contribution in [1.29, 1.82) is 0 Å². The number of rotatable bonds is 5. The Balaban J connectivity index is 2.36. The van der Waals surface area contributed by atoms with Gasteiger partial charge in [-0.05, 0) is 50.9 Å². The van der Waals surface area contributed by atoms with Gasteiger partial charge in [0.2, 0.25) is 5.91 Å². The number of carbonyl (C=O) groups is 2. The smallest absolute Gasteiger partial charge is 0.492 e. The monoisotopic (exact) mass is 361 g/mol. The van der Waals surface area contributed by atoms with Crippen LogP contribution >= 0.6 is 0 Å². The second kappa shape index (κ2) is 7.13. The Hall–Kier alpha value is -2.32. The maximum Gasteiger partial charge on any atom is 0.492 e. The topological polar surface area (TPSA) is 105 Å². The fraction of sp³-hybridized carbons (Fsp3) is 0.444. The molecule has 1 saturated heterocycles. The van der Waals surface area contributed by atoms with Crippen molar-refractivity contribution in [3.8, 4) is 5.75 Å². The van der Waals surface area contributed by atoms with E-state index in [1.165, 1.54) is 19.1 Å². The molecule has 0 aliphatic carbocycles. The Morgan fingerprint density at radius 1 is 1.19 bits per heavy atom. The fourth-order valence-corrected chi connectivity index (χ4v) is 2.46. The number of benzene rings is 1. The number of phenols is 1. The van der Waals surface area contributed by atoms with E-state index < -0.39 is 24.3 Å². The van der Waals surface area contributed by atoms with Gasteiger partial charge in [-0.15, -0.1) is 0 Å². The summed E-state index contributed by atoms with van der Waals surface area (Å²) in [5, 5.41) is 21.6. The Morgan fingerprint density at radius 3 is 2.23 bits per heavy atom. The van der Waals surface area contributed by atoms with Gasteiger partial charge in [0.25, 0.3) is 0 Å². The van der Waals surface area contributed by atoms with E-state index >= 15 is 0 Å². The van der Waals surface area contributed by atoms with E-state index in [0.717, 1.165) is 0 Å². The molecule has 26 heavy (non-hydrogen) atoms. The van der Waals surface area contributed by atoms with E-state index in [1.807, 2.05) is 27.7 Å². The number of aromatic hydroxyl groups is 1. The summed E-state index contributed by atoms with van der Waals surface area (Å²) in [4.78, 5) is 22.3. The summed E-state index contributed by atoms with van der Waals surface area (Å²) in [6, 6.07) is 4.24. The van der Waals surface area contributed by atoms with E-state index in [9.17, 15) is 14.7 Å². The molecule has 140 valence electrons. The van der Waals surface area contributed by atoms with Crippen LogP contribution in [0.5, 0.6) is 5.75 Å². The number of hydrogen-bond donors (Lipinski definition) is 3. The van der Waals surface area contributed by atoms with Crippen molar-refractivity contribution in [2.45, 2.75) is 45.8 Å². The average Bonchev–Trinajstić information content (AvgIpc) is 2.71. The van der Waals surface area contributed by atoms with Crippen LogP contribution in [0.4, 0.5) is 0 Å². The molecule has 0 spiro atoms. The number of aromatic carboxylic acids is 1. The van der Waals surface area contributed by atoms with Crippen LogP contribution in [-0.4, -0.2) is 47.0 Å². The molecular formula is C18H24BNO6. The molecule has 3 N–H and O–H groups in total. The maximum atomic E-state index is 11.3. The Kier molecular flexibility index (Phi) is 5.48. The van der Waals surface area contributed by atoms with Gasteiger partial charge in [0.1, 0.15) is 11.3 Å². The molecule has 7 nitrogen and oxygen atoms in total. The molecule has 0 aromatic heterocycles. The van der Waals surface area contributed by atoms with Crippen LogP contribution in [0, 0.1) is 0 Å². The standard InChI is InChI=1S/C18H24BNO6/c1-11(21)20-10-13(19-25-17(2,3)18(4,5)26-19)8-12-6-7-14(16(23)24)15(22)9-12/h6-9,22H,10H2,1-5H3,(H,20,21)(H,23,24). The van der Waals surface area contributed by atoms with Crippen molar-refractivity contribution in [3.05, 3.63) is 34.8 Å². The molecule has 0 radical (unpaired) electrons. The van der Waals surface area contributed by atoms with Gasteiger partial charge in [0.15, 0.2) is 0 Å². The average molecular weight is 361 g/mol. The summed E-state index contributed by atoms with van der Waals surface area (Å²) in [5.74, 6) is -1.74. The first-order valence-electron chi connectivity index (χ1n) is 8.30. The molecule has 1 heterocycles. The molecule has 0 unspecified atom stereocenters. The largest absolute Gasteiger partial charge is 0.507 e. The van der Waals surface area contributed by atoms with Crippen LogP contribution in [0.15, 0.2) is 23.7 Å². The zero-order chi connectivity index (χ0) is 19.7. The first-order chi connectivity index (χ1) is 11.9. The van der Waals surface area contributed by atoms with Gasteiger partial charge in [-0.1, -0.05) is 12.1 Å². The van der Waals surface area contributed by atoms with Gasteiger partial charge in [-0.2, -0.15) is 0 Å². The minimum Gasteiger partial charge on any atom is -0.507 e. The number of nitrogens with one attached hydrogen (secondary N) is 1. The molecule has 2 rings (SSSR count). The molecule has 1 amide bonds. The summed E-state index contributed by atoms with van der Waals surface area (Å²) in [6.45, 7) is 9.32. The van der Waals surface area contributed by atoms with Gasteiger partial charge >= 0.3 is 13.1 Å². The highest BCUT2D eigenvalue weighted by Crippen LogP contribution is 2.38. The lowest BCUT2D eigenvalue weighted by Gasteiger charge is -2.32. The van der Waals surface area contributed by atoms with E-state index in [4.69, 9.17) is 14.4 Å². The van der Waals surface area contributed by atoms with Crippen molar-refractivity contribution in [2.24, 2.45) is 0 Å². The Bertz CT molecular complexity index is 740. The quantitative estimate of drug-likeness (QED) is 0.695. The maximum absolute atomic E-state index is 11.3. The summed E-state index contributed by atoms with van der Waals surface area (Å²) < 4.78 is 12.0. The predicted octanol–water partition coefficient (Wildman–Crippen LogP) is 2.24. The van der Waals surface area contributed by atoms with Crippen LogP contribution in [0.25, 0.3) is 6.08 Å². The molecule has 0 saturated carbocycles. The van der Waals surface area contributed by atoms with Crippen LogP contribution < -0.4 is 5.32 Å². The molecule has 1 fully saturated rings. The Morgan fingerprint density at radius 2 is 1.77 bits per heavy atom. The fourth-order valence-electron chi connectivity index (χ4n) is 2.46. The van der Waals surface area contributed by atoms with Gasteiger partial charge < -0.3 is 24.8 Å². The highest BCUT2D eigenvalue weighted by molar-refractivity contribution is 6.56. The lowest BCUT2D eigenvalue weighted by molar-refractivity contribution is -0.118. The van der Waals surface area contributed by atoms with Crippen molar-refractivity contribution < 1.29 is 29.1 Å². The molecule has 1 aromatic carbocycles. The van der Waals surface area contributed by atoms with Crippen LogP contribution in [0.2, 0.25) is 0 Å². The third kappa shape index (κ3) is 4.26. The van der Waals surface area contributed by atoms with Gasteiger partial charge in [-0.25, -0.2) is 4.79 Å². The minimum atomic E-state index is -1.21. The molecule has 1 aromatic rings. The molecule has 1 aliphatic rings. The summed E-state index contributed by atoms with van der Waals surface area (Å²) in [5.41, 5.74) is -0.0324. The van der Waals surface area contributed by atoms with E-state index in [0.29, 0.717) is 11.0 Å². The zero-order valence-corrected chi connectivity index (χ0v) is 15.6. The Labute approximate surface area is 153 Å². The second-order valence-corrected chi connectivity index (χ2v) is 7.30. The molecule has 0 atom stereocenters. The number of carboxylic acid groups (broad SMARTS) is 1. The van der Waals surface area contributed by atoms with Crippen molar-refractivity contribution in [1.82, 2.24) is 5.32 Å². The van der Waals surface area contributed by atoms with Crippen LogP contribution in [0.1, 0.15) is 50.5 Å². The van der Waals surface area contributed by atoms with Gasteiger partial charge in [0, 0.05) is 13.5 Å². The first-order valence-corrected chi connectivity index (χ1v) is 8.30. The minimum absolute atomic E-state index is 0.179. The van der Waals surface area contributed by atoms with Gasteiger partial charge in [-0.3, -0.25) is 4.79 Å². The van der Waals surface area contributed by atoms with Crippen LogP contribution in [-0.2, 0) is 14.1 Å². The van der Waals surface area contributed by atoms with E-state index in [1.54, 1.807) is 12.1 Å². The van der Waals surface area contributed by atoms with Crippen molar-refractivity contribution in [3.63, 3.8) is 0 Å². The highest BCUT2D eigenvalue weighted by atomic mass is 16.7. The number of amides is 1.